The summed E-state index contributed by atoms with van der Waals surface area (Å²) in [6.45, 7) is 9.32. The standard InChI is InChI=1S/C17H28N2O2/c1-5-15(6-2)19-17(20)12-21-16-10-8-9-14(11-16)13(4)18-7-3/h8-11,13,15,18H,5-7,12H2,1-4H3,(H,19,20). The quantitative estimate of drug-likeness (QED) is 0.735. The Morgan fingerprint density at radius 2 is 1.95 bits per heavy atom. The lowest BCUT2D eigenvalue weighted by molar-refractivity contribution is -0.123. The molecule has 21 heavy (non-hydrogen) atoms. The van der Waals surface area contributed by atoms with Gasteiger partial charge in [-0.3, -0.25) is 4.79 Å². The zero-order chi connectivity index (χ0) is 15.7. The molecule has 0 heterocycles. The molecule has 0 bridgehead atoms. The Hall–Kier alpha value is -1.55. The van der Waals surface area contributed by atoms with E-state index in [4.69, 9.17) is 4.74 Å². The van der Waals surface area contributed by atoms with Gasteiger partial charge in [0.05, 0.1) is 0 Å². The first-order valence-electron chi connectivity index (χ1n) is 7.86. The number of hydrogen-bond donors (Lipinski definition) is 2. The average Bonchev–Trinajstić information content (AvgIpc) is 2.51. The zero-order valence-electron chi connectivity index (χ0n) is 13.6. The highest BCUT2D eigenvalue weighted by Gasteiger charge is 2.09. The minimum atomic E-state index is -0.0613. The molecular weight excluding hydrogens is 264 g/mol. The predicted octanol–water partition coefficient (Wildman–Crippen LogP) is 3.04. The van der Waals surface area contributed by atoms with Crippen molar-refractivity contribution < 1.29 is 9.53 Å². The number of benzene rings is 1. The molecule has 1 atom stereocenters. The topological polar surface area (TPSA) is 50.4 Å². The van der Waals surface area contributed by atoms with Crippen molar-refractivity contribution in [2.45, 2.75) is 52.6 Å². The largest absolute Gasteiger partial charge is 0.484 e. The second kappa shape index (κ2) is 9.40. The molecule has 0 fully saturated rings. The molecule has 1 aromatic rings. The van der Waals surface area contributed by atoms with Crippen molar-refractivity contribution >= 4 is 5.91 Å². The van der Waals surface area contributed by atoms with Crippen LogP contribution < -0.4 is 15.4 Å². The highest BCUT2D eigenvalue weighted by atomic mass is 16.5. The van der Waals surface area contributed by atoms with Gasteiger partial charge >= 0.3 is 0 Å². The molecule has 0 aliphatic rings. The fourth-order valence-corrected chi connectivity index (χ4v) is 2.21. The van der Waals surface area contributed by atoms with E-state index in [0.29, 0.717) is 0 Å². The Morgan fingerprint density at radius 1 is 1.24 bits per heavy atom. The Balaban J connectivity index is 2.51. The van der Waals surface area contributed by atoms with E-state index in [-0.39, 0.29) is 24.6 Å². The second-order valence-corrected chi connectivity index (χ2v) is 5.22. The molecule has 0 saturated heterocycles. The minimum Gasteiger partial charge on any atom is -0.484 e. The van der Waals surface area contributed by atoms with Crippen molar-refractivity contribution in [2.75, 3.05) is 13.2 Å². The molecule has 0 aromatic heterocycles. The fraction of sp³-hybridized carbons (Fsp3) is 0.588. The van der Waals surface area contributed by atoms with Gasteiger partial charge in [-0.05, 0) is 44.0 Å². The maximum absolute atomic E-state index is 11.8. The van der Waals surface area contributed by atoms with Crippen molar-refractivity contribution in [2.24, 2.45) is 0 Å². The van der Waals surface area contributed by atoms with Crippen molar-refractivity contribution in [3.63, 3.8) is 0 Å². The minimum absolute atomic E-state index is 0.0613. The van der Waals surface area contributed by atoms with Gasteiger partial charge in [0.1, 0.15) is 5.75 Å². The van der Waals surface area contributed by atoms with Crippen LogP contribution in [0.15, 0.2) is 24.3 Å². The maximum atomic E-state index is 11.8. The summed E-state index contributed by atoms with van der Waals surface area (Å²) in [7, 11) is 0. The molecule has 4 nitrogen and oxygen atoms in total. The van der Waals surface area contributed by atoms with E-state index in [1.54, 1.807) is 0 Å². The predicted molar refractivity (Wildman–Crippen MR) is 86.5 cm³/mol. The van der Waals surface area contributed by atoms with E-state index in [9.17, 15) is 4.79 Å². The summed E-state index contributed by atoms with van der Waals surface area (Å²) in [5.74, 6) is 0.672. The van der Waals surface area contributed by atoms with Crippen LogP contribution in [0.2, 0.25) is 0 Å². The Labute approximate surface area is 128 Å². The van der Waals surface area contributed by atoms with Crippen LogP contribution in [0, 0.1) is 0 Å². The van der Waals surface area contributed by atoms with Gasteiger partial charge in [-0.1, -0.05) is 32.9 Å². The lowest BCUT2D eigenvalue weighted by Gasteiger charge is -2.16. The summed E-state index contributed by atoms with van der Waals surface area (Å²) >= 11 is 0. The number of nitrogens with one attached hydrogen (secondary N) is 2. The second-order valence-electron chi connectivity index (χ2n) is 5.22. The highest BCUT2D eigenvalue weighted by Crippen LogP contribution is 2.18. The first-order chi connectivity index (χ1) is 10.1. The van der Waals surface area contributed by atoms with E-state index in [1.807, 2.05) is 18.2 Å². The van der Waals surface area contributed by atoms with Gasteiger partial charge in [-0.15, -0.1) is 0 Å². The van der Waals surface area contributed by atoms with Gasteiger partial charge in [-0.25, -0.2) is 0 Å². The molecule has 118 valence electrons. The van der Waals surface area contributed by atoms with Crippen LogP contribution in [0.25, 0.3) is 0 Å². The van der Waals surface area contributed by atoms with Gasteiger partial charge in [0.25, 0.3) is 5.91 Å². The van der Waals surface area contributed by atoms with Crippen LogP contribution in [0.1, 0.15) is 52.1 Å². The van der Waals surface area contributed by atoms with E-state index >= 15 is 0 Å². The molecule has 0 aliphatic carbocycles. The number of rotatable bonds is 9. The van der Waals surface area contributed by atoms with Crippen molar-refractivity contribution in [1.29, 1.82) is 0 Å². The number of carbonyl (C=O) groups is 1. The van der Waals surface area contributed by atoms with Gasteiger partial charge in [0.2, 0.25) is 0 Å². The first-order valence-corrected chi connectivity index (χ1v) is 7.86. The highest BCUT2D eigenvalue weighted by molar-refractivity contribution is 5.77. The van der Waals surface area contributed by atoms with Crippen molar-refractivity contribution in [3.05, 3.63) is 29.8 Å². The van der Waals surface area contributed by atoms with Crippen LogP contribution in [0.4, 0.5) is 0 Å². The summed E-state index contributed by atoms with van der Waals surface area (Å²) < 4.78 is 5.59. The Bertz CT molecular complexity index is 431. The third-order valence-electron chi connectivity index (χ3n) is 3.59. The number of carbonyl (C=O) groups excluding carboxylic acids is 1. The number of ether oxygens (including phenoxy) is 1. The van der Waals surface area contributed by atoms with Gasteiger partial charge < -0.3 is 15.4 Å². The molecule has 1 unspecified atom stereocenters. The summed E-state index contributed by atoms with van der Waals surface area (Å²) in [5, 5.41) is 6.33. The fourth-order valence-electron chi connectivity index (χ4n) is 2.21. The molecule has 4 heteroatoms. The lowest BCUT2D eigenvalue weighted by atomic mass is 10.1. The zero-order valence-corrected chi connectivity index (χ0v) is 13.6. The van der Waals surface area contributed by atoms with Crippen molar-refractivity contribution in [1.82, 2.24) is 10.6 Å². The first kappa shape index (κ1) is 17.5. The third kappa shape index (κ3) is 6.17. The van der Waals surface area contributed by atoms with Crippen LogP contribution >= 0.6 is 0 Å². The smallest absolute Gasteiger partial charge is 0.258 e. The molecule has 1 aromatic carbocycles. The summed E-state index contributed by atoms with van der Waals surface area (Å²) in [4.78, 5) is 11.8. The molecule has 0 spiro atoms. The number of hydrogen-bond acceptors (Lipinski definition) is 3. The molecule has 1 rings (SSSR count). The molecule has 0 saturated carbocycles. The lowest BCUT2D eigenvalue weighted by Crippen LogP contribution is -2.37. The van der Waals surface area contributed by atoms with Crippen molar-refractivity contribution in [3.8, 4) is 5.75 Å². The monoisotopic (exact) mass is 292 g/mol. The summed E-state index contributed by atoms with van der Waals surface area (Å²) in [6.07, 6.45) is 1.88. The summed E-state index contributed by atoms with van der Waals surface area (Å²) in [5.41, 5.74) is 1.16. The SMILES string of the molecule is CCNC(C)c1cccc(OCC(=O)NC(CC)CC)c1. The third-order valence-corrected chi connectivity index (χ3v) is 3.59. The molecule has 0 aliphatic heterocycles. The Kier molecular flexibility index (Phi) is 7.83. The summed E-state index contributed by atoms with van der Waals surface area (Å²) in [6, 6.07) is 8.39. The maximum Gasteiger partial charge on any atom is 0.258 e. The molecule has 1 amide bonds. The van der Waals surface area contributed by atoms with Crippen LogP contribution in [0.5, 0.6) is 5.75 Å². The normalized spacial score (nSPS) is 12.2. The molecule has 2 N–H and O–H groups in total. The number of amides is 1. The van der Waals surface area contributed by atoms with Crippen LogP contribution in [-0.4, -0.2) is 25.1 Å². The molecule has 0 radical (unpaired) electrons. The van der Waals surface area contributed by atoms with E-state index in [0.717, 1.165) is 30.7 Å². The van der Waals surface area contributed by atoms with Crippen LogP contribution in [-0.2, 0) is 4.79 Å². The van der Waals surface area contributed by atoms with E-state index in [1.165, 1.54) is 0 Å². The van der Waals surface area contributed by atoms with E-state index < -0.39 is 0 Å². The van der Waals surface area contributed by atoms with Gasteiger partial charge in [0, 0.05) is 12.1 Å². The van der Waals surface area contributed by atoms with Gasteiger partial charge in [-0.2, -0.15) is 0 Å². The van der Waals surface area contributed by atoms with Gasteiger partial charge in [0.15, 0.2) is 6.61 Å². The molecular formula is C17H28N2O2. The average molecular weight is 292 g/mol. The van der Waals surface area contributed by atoms with Crippen LogP contribution in [0.3, 0.4) is 0 Å². The Morgan fingerprint density at radius 3 is 2.57 bits per heavy atom. The van der Waals surface area contributed by atoms with E-state index in [2.05, 4.69) is 44.4 Å².